The SMILES string of the molecule is C[C@H](NC(=O)C1CCN(C(=O)c2cc(-c3ccncc3)n[nH]2)CC1)c1ccccc1. The third-order valence-electron chi connectivity index (χ3n) is 5.60. The Balaban J connectivity index is 1.31. The van der Waals surface area contributed by atoms with Gasteiger partial charge < -0.3 is 10.2 Å². The zero-order valence-electron chi connectivity index (χ0n) is 16.9. The van der Waals surface area contributed by atoms with Gasteiger partial charge in [0.2, 0.25) is 5.91 Å². The van der Waals surface area contributed by atoms with E-state index in [4.69, 9.17) is 0 Å². The lowest BCUT2D eigenvalue weighted by Crippen LogP contribution is -2.43. The maximum absolute atomic E-state index is 12.8. The highest BCUT2D eigenvalue weighted by Crippen LogP contribution is 2.22. The molecule has 0 bridgehead atoms. The minimum Gasteiger partial charge on any atom is -0.349 e. The number of aromatic amines is 1. The number of benzene rings is 1. The van der Waals surface area contributed by atoms with E-state index in [2.05, 4.69) is 20.5 Å². The fourth-order valence-electron chi connectivity index (χ4n) is 3.77. The van der Waals surface area contributed by atoms with Crippen LogP contribution in [0.3, 0.4) is 0 Å². The largest absolute Gasteiger partial charge is 0.349 e. The second kappa shape index (κ2) is 8.90. The van der Waals surface area contributed by atoms with Gasteiger partial charge in [-0.3, -0.25) is 19.7 Å². The number of hydrogen-bond donors (Lipinski definition) is 2. The van der Waals surface area contributed by atoms with Crippen molar-refractivity contribution in [2.45, 2.75) is 25.8 Å². The summed E-state index contributed by atoms with van der Waals surface area (Å²) in [4.78, 5) is 31.3. The van der Waals surface area contributed by atoms with E-state index in [1.807, 2.05) is 49.4 Å². The minimum atomic E-state index is -0.0840. The lowest BCUT2D eigenvalue weighted by Gasteiger charge is -2.31. The molecule has 0 saturated carbocycles. The molecule has 0 spiro atoms. The average molecular weight is 403 g/mol. The van der Waals surface area contributed by atoms with Gasteiger partial charge in [-0.25, -0.2) is 0 Å². The topological polar surface area (TPSA) is 91.0 Å². The van der Waals surface area contributed by atoms with Crippen LogP contribution in [0.4, 0.5) is 0 Å². The monoisotopic (exact) mass is 403 g/mol. The van der Waals surface area contributed by atoms with Gasteiger partial charge in [-0.05, 0) is 43.5 Å². The molecule has 1 saturated heterocycles. The molecule has 1 aromatic carbocycles. The van der Waals surface area contributed by atoms with E-state index >= 15 is 0 Å². The Morgan fingerprint density at radius 3 is 2.50 bits per heavy atom. The molecule has 30 heavy (non-hydrogen) atoms. The number of likely N-dealkylation sites (tertiary alicyclic amines) is 1. The number of nitrogens with one attached hydrogen (secondary N) is 2. The number of H-pyrrole nitrogens is 1. The van der Waals surface area contributed by atoms with Crippen molar-refractivity contribution in [3.05, 3.63) is 72.2 Å². The average Bonchev–Trinajstić information content (AvgIpc) is 3.30. The highest BCUT2D eigenvalue weighted by atomic mass is 16.2. The second-order valence-electron chi connectivity index (χ2n) is 7.61. The van der Waals surface area contributed by atoms with Crippen molar-refractivity contribution >= 4 is 11.8 Å². The molecule has 0 radical (unpaired) electrons. The Labute approximate surface area is 175 Å². The van der Waals surface area contributed by atoms with Crippen LogP contribution in [0.15, 0.2) is 60.9 Å². The first-order valence-corrected chi connectivity index (χ1v) is 10.2. The maximum Gasteiger partial charge on any atom is 0.271 e. The predicted octanol–water partition coefficient (Wildman–Crippen LogP) is 3.20. The molecule has 3 aromatic rings. The molecule has 7 heteroatoms. The summed E-state index contributed by atoms with van der Waals surface area (Å²) >= 11 is 0. The van der Waals surface area contributed by atoms with Crippen molar-refractivity contribution in [2.24, 2.45) is 5.92 Å². The molecule has 1 aliphatic heterocycles. The van der Waals surface area contributed by atoms with Gasteiger partial charge in [0.1, 0.15) is 5.69 Å². The summed E-state index contributed by atoms with van der Waals surface area (Å²) in [5.41, 5.74) is 3.17. The van der Waals surface area contributed by atoms with Gasteiger partial charge in [0, 0.05) is 37.0 Å². The van der Waals surface area contributed by atoms with E-state index in [-0.39, 0.29) is 23.8 Å². The molecule has 0 aliphatic carbocycles. The number of nitrogens with zero attached hydrogens (tertiary/aromatic N) is 3. The van der Waals surface area contributed by atoms with Gasteiger partial charge >= 0.3 is 0 Å². The van der Waals surface area contributed by atoms with Crippen LogP contribution in [-0.2, 0) is 4.79 Å². The van der Waals surface area contributed by atoms with Crippen molar-refractivity contribution in [2.75, 3.05) is 13.1 Å². The molecule has 154 valence electrons. The molecule has 7 nitrogen and oxygen atoms in total. The summed E-state index contributed by atoms with van der Waals surface area (Å²) in [7, 11) is 0. The summed E-state index contributed by atoms with van der Waals surface area (Å²) in [5.74, 6) is -0.103. The first-order valence-electron chi connectivity index (χ1n) is 10.2. The van der Waals surface area contributed by atoms with Crippen LogP contribution < -0.4 is 5.32 Å². The number of aromatic nitrogens is 3. The molecule has 4 rings (SSSR count). The minimum absolute atomic E-state index is 0.0324. The first kappa shape index (κ1) is 19.8. The Morgan fingerprint density at radius 2 is 1.80 bits per heavy atom. The van der Waals surface area contributed by atoms with Crippen LogP contribution in [0.1, 0.15) is 41.9 Å². The molecular weight excluding hydrogens is 378 g/mol. The normalized spacial score (nSPS) is 15.6. The van der Waals surface area contributed by atoms with Crippen LogP contribution >= 0.6 is 0 Å². The highest BCUT2D eigenvalue weighted by molar-refractivity contribution is 5.93. The zero-order chi connectivity index (χ0) is 20.9. The molecule has 2 N–H and O–H groups in total. The summed E-state index contributed by atoms with van der Waals surface area (Å²) in [6.07, 6.45) is 4.70. The van der Waals surface area contributed by atoms with Gasteiger partial charge in [-0.2, -0.15) is 5.10 Å². The standard InChI is InChI=1S/C23H25N5O2/c1-16(17-5-3-2-4-6-17)25-22(29)19-9-13-28(14-10-19)23(30)21-15-20(26-27-21)18-7-11-24-12-8-18/h2-8,11-12,15-16,19H,9-10,13-14H2,1H3,(H,25,29)(H,26,27)/t16-/m0/s1. The fourth-order valence-corrected chi connectivity index (χ4v) is 3.77. The Hall–Kier alpha value is -3.48. The number of carbonyl (C=O) groups is 2. The Bertz CT molecular complexity index is 995. The van der Waals surface area contributed by atoms with Crippen molar-refractivity contribution in [3.63, 3.8) is 0 Å². The van der Waals surface area contributed by atoms with E-state index in [0.717, 1.165) is 11.1 Å². The van der Waals surface area contributed by atoms with Crippen molar-refractivity contribution in [1.82, 2.24) is 25.4 Å². The molecule has 0 unspecified atom stereocenters. The molecule has 1 fully saturated rings. The van der Waals surface area contributed by atoms with Crippen molar-refractivity contribution < 1.29 is 9.59 Å². The smallest absolute Gasteiger partial charge is 0.271 e. The molecule has 2 amide bonds. The second-order valence-corrected chi connectivity index (χ2v) is 7.61. The van der Waals surface area contributed by atoms with Gasteiger partial charge in [0.15, 0.2) is 0 Å². The number of pyridine rings is 1. The summed E-state index contributed by atoms with van der Waals surface area (Å²) in [6.45, 7) is 3.10. The maximum atomic E-state index is 12.8. The summed E-state index contributed by atoms with van der Waals surface area (Å²) in [6, 6.07) is 15.4. The fraction of sp³-hybridized carbons (Fsp3) is 0.304. The third kappa shape index (κ3) is 4.40. The van der Waals surface area contributed by atoms with Gasteiger partial charge in [0.05, 0.1) is 11.7 Å². The number of hydrogen-bond acceptors (Lipinski definition) is 4. The number of piperidine rings is 1. The Kier molecular flexibility index (Phi) is 5.88. The summed E-state index contributed by atoms with van der Waals surface area (Å²) in [5, 5.41) is 10.2. The van der Waals surface area contributed by atoms with Crippen LogP contribution in [0, 0.1) is 5.92 Å². The third-order valence-corrected chi connectivity index (χ3v) is 5.60. The Morgan fingerprint density at radius 1 is 1.10 bits per heavy atom. The highest BCUT2D eigenvalue weighted by Gasteiger charge is 2.29. The quantitative estimate of drug-likeness (QED) is 0.684. The van der Waals surface area contributed by atoms with Gasteiger partial charge in [-0.1, -0.05) is 30.3 Å². The molecule has 1 aliphatic rings. The van der Waals surface area contributed by atoms with E-state index < -0.39 is 0 Å². The zero-order valence-corrected chi connectivity index (χ0v) is 16.9. The molecule has 1 atom stereocenters. The number of rotatable bonds is 5. The molecular formula is C23H25N5O2. The van der Waals surface area contributed by atoms with Crippen LogP contribution in [0.25, 0.3) is 11.3 Å². The number of carbonyl (C=O) groups excluding carboxylic acids is 2. The van der Waals surface area contributed by atoms with Gasteiger partial charge in [0.25, 0.3) is 5.91 Å². The lowest BCUT2D eigenvalue weighted by atomic mass is 9.95. The van der Waals surface area contributed by atoms with Crippen LogP contribution in [0.2, 0.25) is 0 Å². The molecule has 3 heterocycles. The van der Waals surface area contributed by atoms with Crippen molar-refractivity contribution in [1.29, 1.82) is 0 Å². The van der Waals surface area contributed by atoms with E-state index in [9.17, 15) is 9.59 Å². The predicted molar refractivity (Wildman–Crippen MR) is 113 cm³/mol. The summed E-state index contributed by atoms with van der Waals surface area (Å²) < 4.78 is 0. The van der Waals surface area contributed by atoms with Gasteiger partial charge in [-0.15, -0.1) is 0 Å². The first-order chi connectivity index (χ1) is 14.6. The lowest BCUT2D eigenvalue weighted by molar-refractivity contribution is -0.127. The van der Waals surface area contributed by atoms with Crippen molar-refractivity contribution in [3.8, 4) is 11.3 Å². The molecule has 2 aromatic heterocycles. The van der Waals surface area contributed by atoms with Crippen LogP contribution in [-0.4, -0.2) is 45.0 Å². The van der Waals surface area contributed by atoms with E-state index in [0.29, 0.717) is 37.3 Å². The van der Waals surface area contributed by atoms with E-state index in [1.165, 1.54) is 0 Å². The van der Waals surface area contributed by atoms with E-state index in [1.54, 1.807) is 23.4 Å². The van der Waals surface area contributed by atoms with Crippen LogP contribution in [0.5, 0.6) is 0 Å². The number of amides is 2.